The molecule has 1 aliphatic carbocycles. The number of rotatable bonds is 3. The van der Waals surface area contributed by atoms with Crippen LogP contribution >= 0.6 is 0 Å². The SMILES string of the molecule is CC1(C)CC(=O)/C(=C(/O)C(F)(F)C(F)(F)C(F)(F)F)C(=Nc2ccc(F)cc2)C1. The summed E-state index contributed by atoms with van der Waals surface area (Å²) >= 11 is 0. The number of aliphatic hydroxyl groups is 1. The van der Waals surface area contributed by atoms with Crippen molar-refractivity contribution in [1.29, 1.82) is 0 Å². The highest BCUT2D eigenvalue weighted by Gasteiger charge is 2.75. The third-order valence-electron chi connectivity index (χ3n) is 4.23. The molecule has 11 heteroatoms. The molecule has 1 N–H and O–H groups in total. The topological polar surface area (TPSA) is 49.7 Å². The Balaban J connectivity index is 2.69. The number of carbonyl (C=O) groups is 1. The second-order valence-electron chi connectivity index (χ2n) is 7.35. The van der Waals surface area contributed by atoms with Crippen LogP contribution in [0, 0.1) is 11.2 Å². The second-order valence-corrected chi connectivity index (χ2v) is 7.35. The van der Waals surface area contributed by atoms with Crippen LogP contribution in [0.1, 0.15) is 26.7 Å². The number of hydrogen-bond acceptors (Lipinski definition) is 3. The van der Waals surface area contributed by atoms with Crippen molar-refractivity contribution in [3.05, 3.63) is 41.4 Å². The zero-order chi connectivity index (χ0) is 22.4. The van der Waals surface area contributed by atoms with Gasteiger partial charge in [-0.1, -0.05) is 13.8 Å². The molecule has 0 atom stereocenters. The van der Waals surface area contributed by atoms with E-state index in [0.717, 1.165) is 24.3 Å². The number of halogens is 8. The lowest BCUT2D eigenvalue weighted by Crippen LogP contribution is -2.54. The van der Waals surface area contributed by atoms with E-state index >= 15 is 0 Å². The molecule has 1 aromatic rings. The minimum atomic E-state index is -6.68. The summed E-state index contributed by atoms with van der Waals surface area (Å²) in [6.07, 6.45) is -7.47. The summed E-state index contributed by atoms with van der Waals surface area (Å²) < 4.78 is 105. The summed E-state index contributed by atoms with van der Waals surface area (Å²) in [5, 5.41) is 9.72. The largest absolute Gasteiger partial charge is 0.506 e. The molecule has 1 aliphatic rings. The van der Waals surface area contributed by atoms with E-state index in [1.54, 1.807) is 0 Å². The highest BCUT2D eigenvalue weighted by Crippen LogP contribution is 2.50. The van der Waals surface area contributed by atoms with Crippen LogP contribution in [0.4, 0.5) is 40.8 Å². The molecule has 0 spiro atoms. The van der Waals surface area contributed by atoms with Crippen molar-refractivity contribution >= 4 is 17.2 Å². The van der Waals surface area contributed by atoms with Crippen LogP contribution < -0.4 is 0 Å². The van der Waals surface area contributed by atoms with Crippen LogP contribution in [-0.4, -0.2) is 34.6 Å². The maximum atomic E-state index is 14.0. The summed E-state index contributed by atoms with van der Waals surface area (Å²) in [6.45, 7) is 3.03. The van der Waals surface area contributed by atoms with Gasteiger partial charge in [-0.2, -0.15) is 30.7 Å². The Morgan fingerprint density at radius 1 is 1.00 bits per heavy atom. The molecule has 0 saturated heterocycles. The Morgan fingerprint density at radius 2 is 1.52 bits per heavy atom. The number of carbonyl (C=O) groups excluding carboxylic acids is 1. The molecule has 29 heavy (non-hydrogen) atoms. The highest BCUT2D eigenvalue weighted by molar-refractivity contribution is 6.25. The van der Waals surface area contributed by atoms with Crippen LogP contribution in [0.25, 0.3) is 0 Å². The number of alkyl halides is 7. The lowest BCUT2D eigenvalue weighted by atomic mass is 9.73. The van der Waals surface area contributed by atoms with Gasteiger partial charge in [0.25, 0.3) is 0 Å². The molecule has 1 fully saturated rings. The van der Waals surface area contributed by atoms with Crippen molar-refractivity contribution in [2.24, 2.45) is 10.4 Å². The van der Waals surface area contributed by atoms with E-state index in [1.165, 1.54) is 13.8 Å². The van der Waals surface area contributed by atoms with Gasteiger partial charge < -0.3 is 5.11 Å². The van der Waals surface area contributed by atoms with Crippen LogP contribution in [0.2, 0.25) is 0 Å². The van der Waals surface area contributed by atoms with Crippen LogP contribution in [-0.2, 0) is 4.79 Å². The highest BCUT2D eigenvalue weighted by atomic mass is 19.4. The Labute approximate surface area is 159 Å². The van der Waals surface area contributed by atoms with Crippen LogP contribution in [0.3, 0.4) is 0 Å². The van der Waals surface area contributed by atoms with Crippen molar-refractivity contribution in [3.8, 4) is 0 Å². The molecule has 0 amide bonds. The number of benzene rings is 1. The second kappa shape index (κ2) is 7.10. The molecule has 3 nitrogen and oxygen atoms in total. The molecule has 1 aromatic carbocycles. The first-order valence-electron chi connectivity index (χ1n) is 8.12. The summed E-state index contributed by atoms with van der Waals surface area (Å²) in [6, 6.07) is 4.02. The molecular formula is C18H15F8NO2. The van der Waals surface area contributed by atoms with Gasteiger partial charge in [0.15, 0.2) is 11.5 Å². The van der Waals surface area contributed by atoms with Crippen molar-refractivity contribution in [1.82, 2.24) is 0 Å². The fourth-order valence-corrected chi connectivity index (χ4v) is 2.81. The van der Waals surface area contributed by atoms with Gasteiger partial charge in [-0.3, -0.25) is 9.79 Å². The zero-order valence-corrected chi connectivity index (χ0v) is 15.1. The number of hydrogen-bond donors (Lipinski definition) is 1. The smallest absolute Gasteiger partial charge is 0.460 e. The van der Waals surface area contributed by atoms with Gasteiger partial charge in [0.1, 0.15) is 5.82 Å². The lowest BCUT2D eigenvalue weighted by Gasteiger charge is -2.33. The minimum absolute atomic E-state index is 0.0805. The van der Waals surface area contributed by atoms with E-state index < -0.39 is 58.5 Å². The van der Waals surface area contributed by atoms with Gasteiger partial charge >= 0.3 is 18.0 Å². The fourth-order valence-electron chi connectivity index (χ4n) is 2.81. The Bertz CT molecular complexity index is 867. The molecule has 0 heterocycles. The van der Waals surface area contributed by atoms with E-state index in [-0.39, 0.29) is 12.1 Å². The van der Waals surface area contributed by atoms with Gasteiger partial charge in [0.2, 0.25) is 0 Å². The van der Waals surface area contributed by atoms with E-state index in [9.17, 15) is 45.0 Å². The first-order chi connectivity index (χ1) is 13.0. The van der Waals surface area contributed by atoms with Crippen molar-refractivity contribution in [2.75, 3.05) is 0 Å². The standard InChI is InChI=1S/C18H15F8NO2/c1-15(2)7-11(27-10-5-3-9(19)4-6-10)13(12(28)8-15)14(29)16(20,21)17(22,23)18(24,25)26/h3-6,29H,7-8H2,1-2H3/b14-13+,27-11?. The van der Waals surface area contributed by atoms with Crippen molar-refractivity contribution < 1.29 is 45.0 Å². The predicted octanol–water partition coefficient (Wildman–Crippen LogP) is 5.93. The van der Waals surface area contributed by atoms with Crippen molar-refractivity contribution in [3.63, 3.8) is 0 Å². The zero-order valence-electron chi connectivity index (χ0n) is 15.1. The number of aliphatic hydroxyl groups excluding tert-OH is 1. The van der Waals surface area contributed by atoms with Gasteiger partial charge in [0.05, 0.1) is 17.0 Å². The monoisotopic (exact) mass is 429 g/mol. The van der Waals surface area contributed by atoms with E-state index in [1.807, 2.05) is 0 Å². The lowest BCUT2D eigenvalue weighted by molar-refractivity contribution is -0.349. The van der Waals surface area contributed by atoms with Gasteiger partial charge in [-0.05, 0) is 36.1 Å². The summed E-state index contributed by atoms with van der Waals surface area (Å²) in [4.78, 5) is 16.1. The molecule has 0 aliphatic heterocycles. The number of ketones is 1. The predicted molar refractivity (Wildman–Crippen MR) is 87.1 cm³/mol. The van der Waals surface area contributed by atoms with Crippen LogP contribution in [0.5, 0.6) is 0 Å². The molecule has 0 bridgehead atoms. The van der Waals surface area contributed by atoms with Crippen molar-refractivity contribution in [2.45, 2.75) is 44.7 Å². The quantitative estimate of drug-likeness (QED) is 0.368. The first-order valence-corrected chi connectivity index (χ1v) is 8.12. The minimum Gasteiger partial charge on any atom is -0.506 e. The number of nitrogens with zero attached hydrogens (tertiary/aromatic N) is 1. The fraction of sp³-hybridized carbons (Fsp3) is 0.444. The number of allylic oxidation sites excluding steroid dienone is 2. The number of aliphatic imine (C=N–C) groups is 1. The first kappa shape index (κ1) is 22.8. The van der Waals surface area contributed by atoms with Gasteiger partial charge in [-0.15, -0.1) is 0 Å². The maximum Gasteiger partial charge on any atom is 0.460 e. The Morgan fingerprint density at radius 3 is 2.00 bits per heavy atom. The maximum absolute atomic E-state index is 14.0. The molecule has 1 saturated carbocycles. The van der Waals surface area contributed by atoms with Gasteiger partial charge in [-0.25, -0.2) is 4.39 Å². The molecule has 160 valence electrons. The molecule has 0 unspecified atom stereocenters. The van der Waals surface area contributed by atoms with E-state index in [0.29, 0.717) is 0 Å². The Hall–Kier alpha value is -2.46. The van der Waals surface area contributed by atoms with E-state index in [4.69, 9.17) is 0 Å². The van der Waals surface area contributed by atoms with E-state index in [2.05, 4.69) is 4.99 Å². The summed E-state index contributed by atoms with van der Waals surface area (Å²) in [5.74, 6) is -17.4. The normalized spacial score (nSPS) is 21.4. The molecule has 0 aromatic heterocycles. The third kappa shape index (κ3) is 4.27. The molecular weight excluding hydrogens is 414 g/mol. The third-order valence-corrected chi connectivity index (χ3v) is 4.23. The average Bonchev–Trinajstić information content (AvgIpc) is 2.54. The average molecular weight is 429 g/mol. The van der Waals surface area contributed by atoms with Crippen LogP contribution in [0.15, 0.2) is 40.6 Å². The molecule has 2 rings (SSSR count). The Kier molecular flexibility index (Phi) is 5.59. The molecule has 0 radical (unpaired) electrons. The van der Waals surface area contributed by atoms with Gasteiger partial charge in [0, 0.05) is 6.42 Å². The summed E-state index contributed by atoms with van der Waals surface area (Å²) in [5.41, 5.74) is -2.99. The number of Topliss-reactive ketones (excluding diaryl/α,β-unsaturated/α-hetero) is 1. The summed E-state index contributed by atoms with van der Waals surface area (Å²) in [7, 11) is 0.